The maximum atomic E-state index is 10.2. The summed E-state index contributed by atoms with van der Waals surface area (Å²) in [5.41, 5.74) is 0.861. The molecule has 1 atom stereocenters. The number of aliphatic hydroxyl groups excluding tert-OH is 1. The first-order chi connectivity index (χ1) is 7.68. The minimum atomic E-state index is -0.663. The fraction of sp³-hybridized carbons (Fsp3) is 0.333. The summed E-state index contributed by atoms with van der Waals surface area (Å²) in [4.78, 5) is 0. The predicted molar refractivity (Wildman–Crippen MR) is 75.1 cm³/mol. The summed E-state index contributed by atoms with van der Waals surface area (Å²) in [6, 6.07) is 5.91. The summed E-state index contributed by atoms with van der Waals surface area (Å²) >= 11 is 5.69. The number of halogens is 2. The van der Waals surface area contributed by atoms with E-state index in [0.29, 0.717) is 12.4 Å². The molecule has 1 aliphatic heterocycles. The first-order valence-corrected chi connectivity index (χ1v) is 7.01. The minimum absolute atomic E-state index is 0.663. The van der Waals surface area contributed by atoms with Gasteiger partial charge in [0.25, 0.3) is 0 Å². The van der Waals surface area contributed by atoms with Crippen LogP contribution in [0, 0.1) is 3.57 Å². The summed E-state index contributed by atoms with van der Waals surface area (Å²) in [5, 5.41) is 10.2. The van der Waals surface area contributed by atoms with Crippen molar-refractivity contribution in [3.8, 4) is 0 Å². The minimum Gasteiger partial charge on any atom is -0.495 e. The van der Waals surface area contributed by atoms with Crippen molar-refractivity contribution in [1.29, 1.82) is 0 Å². The van der Waals surface area contributed by atoms with Gasteiger partial charge in [-0.05, 0) is 59.7 Å². The van der Waals surface area contributed by atoms with Crippen molar-refractivity contribution in [2.75, 3.05) is 6.61 Å². The van der Waals surface area contributed by atoms with Crippen molar-refractivity contribution in [1.82, 2.24) is 0 Å². The van der Waals surface area contributed by atoms with Gasteiger partial charge in [-0.2, -0.15) is 0 Å². The van der Waals surface area contributed by atoms with E-state index in [-0.39, 0.29) is 0 Å². The van der Waals surface area contributed by atoms with Gasteiger partial charge in [-0.25, -0.2) is 0 Å². The normalized spacial score (nSPS) is 17.6. The van der Waals surface area contributed by atoms with Gasteiger partial charge in [0.05, 0.1) is 6.61 Å². The molecule has 0 aliphatic carbocycles. The number of ether oxygens (including phenoxy) is 1. The molecule has 0 bridgehead atoms. The van der Waals surface area contributed by atoms with Crippen LogP contribution in [0.1, 0.15) is 24.5 Å². The maximum Gasteiger partial charge on any atom is 0.137 e. The van der Waals surface area contributed by atoms with E-state index in [9.17, 15) is 5.11 Å². The average molecular weight is 395 g/mol. The van der Waals surface area contributed by atoms with Crippen LogP contribution in [0.25, 0.3) is 0 Å². The Hall–Kier alpha value is -0.0700. The van der Waals surface area contributed by atoms with Crippen LogP contribution >= 0.6 is 38.5 Å². The van der Waals surface area contributed by atoms with E-state index in [0.717, 1.165) is 26.4 Å². The summed E-state index contributed by atoms with van der Waals surface area (Å²) in [7, 11) is 0. The lowest BCUT2D eigenvalue weighted by Gasteiger charge is -2.21. The third-order valence-corrected chi connectivity index (χ3v) is 3.88. The Labute approximate surface area is 117 Å². The molecular weight excluding hydrogens is 383 g/mol. The Morgan fingerprint density at radius 2 is 2.25 bits per heavy atom. The molecule has 0 saturated heterocycles. The second-order valence-corrected chi connectivity index (χ2v) is 5.77. The first-order valence-electron chi connectivity index (χ1n) is 5.14. The monoisotopic (exact) mass is 394 g/mol. The predicted octanol–water partition coefficient (Wildman–Crippen LogP) is 3.78. The highest BCUT2D eigenvalue weighted by atomic mass is 127. The highest BCUT2D eigenvalue weighted by Gasteiger charge is 2.19. The summed E-state index contributed by atoms with van der Waals surface area (Å²) in [6.07, 6.45) is 3.32. The zero-order valence-electron chi connectivity index (χ0n) is 8.62. The molecule has 16 heavy (non-hydrogen) atoms. The topological polar surface area (TPSA) is 29.5 Å². The van der Waals surface area contributed by atoms with Gasteiger partial charge in [0.15, 0.2) is 0 Å². The molecule has 4 heteroatoms. The molecule has 0 radical (unpaired) electrons. The van der Waals surface area contributed by atoms with Crippen molar-refractivity contribution in [2.24, 2.45) is 0 Å². The van der Waals surface area contributed by atoms with Crippen LogP contribution in [0.4, 0.5) is 0 Å². The van der Waals surface area contributed by atoms with Crippen LogP contribution in [0.3, 0.4) is 0 Å². The zero-order valence-corrected chi connectivity index (χ0v) is 12.4. The van der Waals surface area contributed by atoms with Crippen LogP contribution in [0.15, 0.2) is 34.5 Å². The van der Waals surface area contributed by atoms with Crippen LogP contribution in [-0.2, 0) is 4.74 Å². The molecule has 2 rings (SSSR count). The van der Waals surface area contributed by atoms with Crippen LogP contribution < -0.4 is 0 Å². The number of hydrogen-bond donors (Lipinski definition) is 1. The van der Waals surface area contributed by atoms with Gasteiger partial charge in [-0.3, -0.25) is 0 Å². The Balaban J connectivity index is 2.29. The molecule has 1 heterocycles. The van der Waals surface area contributed by atoms with Gasteiger partial charge in [-0.1, -0.05) is 15.9 Å². The van der Waals surface area contributed by atoms with E-state index in [1.165, 1.54) is 0 Å². The van der Waals surface area contributed by atoms with Gasteiger partial charge in [-0.15, -0.1) is 0 Å². The molecule has 1 aromatic rings. The molecule has 1 aromatic carbocycles. The smallest absolute Gasteiger partial charge is 0.137 e. The van der Waals surface area contributed by atoms with E-state index in [2.05, 4.69) is 38.5 Å². The quantitative estimate of drug-likeness (QED) is 0.773. The van der Waals surface area contributed by atoms with Gasteiger partial charge in [0.2, 0.25) is 0 Å². The van der Waals surface area contributed by atoms with E-state index in [4.69, 9.17) is 4.74 Å². The molecule has 1 N–H and O–H groups in total. The number of allylic oxidation sites excluding steroid dienone is 1. The Bertz CT molecular complexity index is 417. The van der Waals surface area contributed by atoms with E-state index >= 15 is 0 Å². The van der Waals surface area contributed by atoms with E-state index in [1.807, 2.05) is 24.3 Å². The molecule has 0 amide bonds. The number of hydrogen-bond acceptors (Lipinski definition) is 2. The van der Waals surface area contributed by atoms with Gasteiger partial charge < -0.3 is 9.84 Å². The molecule has 1 aliphatic rings. The van der Waals surface area contributed by atoms with Crippen LogP contribution in [0.5, 0.6) is 0 Å². The zero-order chi connectivity index (χ0) is 11.5. The summed E-state index contributed by atoms with van der Waals surface area (Å²) in [5.74, 6) is 0.675. The molecule has 2 nitrogen and oxygen atoms in total. The van der Waals surface area contributed by atoms with Gasteiger partial charge in [0.1, 0.15) is 11.9 Å². The highest BCUT2D eigenvalue weighted by molar-refractivity contribution is 14.1. The molecule has 1 unspecified atom stereocenters. The van der Waals surface area contributed by atoms with E-state index < -0.39 is 6.10 Å². The average Bonchev–Trinajstić information content (AvgIpc) is 2.32. The molecular formula is C12H12BrIO2. The van der Waals surface area contributed by atoms with Crippen molar-refractivity contribution in [2.45, 2.75) is 18.9 Å². The largest absolute Gasteiger partial charge is 0.495 e. The maximum absolute atomic E-state index is 10.2. The Morgan fingerprint density at radius 3 is 2.94 bits per heavy atom. The van der Waals surface area contributed by atoms with Crippen molar-refractivity contribution < 1.29 is 9.84 Å². The second kappa shape index (κ2) is 5.51. The second-order valence-electron chi connectivity index (χ2n) is 3.67. The number of benzene rings is 1. The molecule has 0 saturated carbocycles. The summed E-state index contributed by atoms with van der Waals surface area (Å²) < 4.78 is 7.49. The molecule has 0 fully saturated rings. The molecule has 86 valence electrons. The lowest BCUT2D eigenvalue weighted by atomic mass is 10.1. The van der Waals surface area contributed by atoms with Crippen molar-refractivity contribution in [3.63, 3.8) is 0 Å². The molecule has 0 spiro atoms. The lowest BCUT2D eigenvalue weighted by molar-refractivity contribution is 0.0914. The standard InChI is InChI=1S/C12H12BrIO2/c13-10-5-4-8(14)7-9(10)12(15)11-3-1-2-6-16-11/h3-5,7,12,15H,1-2,6H2. The fourth-order valence-electron chi connectivity index (χ4n) is 1.64. The third kappa shape index (κ3) is 2.78. The lowest BCUT2D eigenvalue weighted by Crippen LogP contribution is -2.10. The van der Waals surface area contributed by atoms with Gasteiger partial charge >= 0.3 is 0 Å². The van der Waals surface area contributed by atoms with E-state index in [1.54, 1.807) is 0 Å². The van der Waals surface area contributed by atoms with Gasteiger partial charge in [0, 0.05) is 13.6 Å². The van der Waals surface area contributed by atoms with Crippen LogP contribution in [0.2, 0.25) is 0 Å². The fourth-order valence-corrected chi connectivity index (χ4v) is 2.62. The number of rotatable bonds is 2. The summed E-state index contributed by atoms with van der Waals surface area (Å²) in [6.45, 7) is 0.699. The van der Waals surface area contributed by atoms with Crippen molar-refractivity contribution in [3.05, 3.63) is 43.6 Å². The van der Waals surface area contributed by atoms with Crippen molar-refractivity contribution >= 4 is 38.5 Å². The Morgan fingerprint density at radius 1 is 1.44 bits per heavy atom. The highest BCUT2D eigenvalue weighted by Crippen LogP contribution is 2.31. The van der Waals surface area contributed by atoms with Crippen LogP contribution in [-0.4, -0.2) is 11.7 Å². The third-order valence-electron chi connectivity index (χ3n) is 2.48. The molecule has 0 aromatic heterocycles. The number of aliphatic hydroxyl groups is 1. The first kappa shape index (κ1) is 12.4. The SMILES string of the molecule is OC(C1=CCCCO1)c1cc(I)ccc1Br. The Kier molecular flexibility index (Phi) is 4.27.